The summed E-state index contributed by atoms with van der Waals surface area (Å²) in [5.74, 6) is -0.850. The lowest BCUT2D eigenvalue weighted by atomic mass is 9.91. The van der Waals surface area contributed by atoms with Gasteiger partial charge >= 0.3 is 6.18 Å². The summed E-state index contributed by atoms with van der Waals surface area (Å²) in [6.45, 7) is 3.19. The number of aryl methyl sites for hydroxylation is 1. The molecule has 248 valence electrons. The number of fused-ring (bicyclic) bond motifs is 1. The number of nitrogens with two attached hydrogens (primary N) is 1. The number of aromatic nitrogens is 3. The Labute approximate surface area is 268 Å². The number of hydrogen-bond acceptors (Lipinski definition) is 10. The number of rotatable bonds is 9. The van der Waals surface area contributed by atoms with Crippen LogP contribution in [0.4, 0.5) is 24.8 Å². The quantitative estimate of drug-likeness (QED) is 0.225. The Hall–Kier alpha value is -4.18. The first-order valence-corrected chi connectivity index (χ1v) is 16.4. The summed E-state index contributed by atoms with van der Waals surface area (Å²) in [4.78, 5) is 40.8. The Kier molecular flexibility index (Phi) is 10.3. The van der Waals surface area contributed by atoms with Crippen molar-refractivity contribution in [2.45, 2.75) is 38.9 Å². The van der Waals surface area contributed by atoms with Crippen LogP contribution in [0.2, 0.25) is 5.15 Å². The minimum Gasteiger partial charge on any atom is -0.404 e. The second kappa shape index (κ2) is 13.7. The van der Waals surface area contributed by atoms with Gasteiger partial charge in [-0.25, -0.2) is 23.1 Å². The van der Waals surface area contributed by atoms with Crippen LogP contribution in [0.15, 0.2) is 45.8 Å². The van der Waals surface area contributed by atoms with Gasteiger partial charge in [-0.05, 0) is 62.2 Å². The molecule has 0 saturated carbocycles. The molecular formula is C29H34ClF3N8O4S. The van der Waals surface area contributed by atoms with Crippen LogP contribution in [0, 0.1) is 12.8 Å². The summed E-state index contributed by atoms with van der Waals surface area (Å²) in [5.41, 5.74) is 7.68. The summed E-state index contributed by atoms with van der Waals surface area (Å²) in [6.07, 6.45) is 0.147. The smallest absolute Gasteiger partial charge is 0.404 e. The molecule has 1 aliphatic rings. The largest absolute Gasteiger partial charge is 0.407 e. The van der Waals surface area contributed by atoms with E-state index in [0.29, 0.717) is 53.9 Å². The van der Waals surface area contributed by atoms with Gasteiger partial charge in [0.05, 0.1) is 28.9 Å². The van der Waals surface area contributed by atoms with E-state index in [1.54, 1.807) is 20.0 Å². The Morgan fingerprint density at radius 1 is 1.28 bits per heavy atom. The summed E-state index contributed by atoms with van der Waals surface area (Å²) in [6, 6.07) is 5.95. The highest BCUT2D eigenvalue weighted by molar-refractivity contribution is 7.89. The van der Waals surface area contributed by atoms with E-state index in [2.05, 4.69) is 15.3 Å². The van der Waals surface area contributed by atoms with Crippen LogP contribution in [0.3, 0.4) is 0 Å². The third-order valence-corrected chi connectivity index (χ3v) is 8.17. The lowest BCUT2D eigenvalue weighted by Crippen LogP contribution is -2.40. The van der Waals surface area contributed by atoms with E-state index in [9.17, 15) is 31.2 Å². The van der Waals surface area contributed by atoms with Crippen LogP contribution in [-0.2, 0) is 17.1 Å². The number of alkyl halides is 3. The minimum absolute atomic E-state index is 0.0215. The molecule has 1 amide bonds. The first-order valence-electron chi connectivity index (χ1n) is 14.2. The molecule has 1 aromatic carbocycles. The maximum Gasteiger partial charge on any atom is 0.407 e. The maximum absolute atomic E-state index is 13.7. The van der Waals surface area contributed by atoms with Crippen molar-refractivity contribution in [1.82, 2.24) is 19.3 Å². The highest BCUT2D eigenvalue weighted by Crippen LogP contribution is 2.31. The zero-order valence-electron chi connectivity index (χ0n) is 25.5. The number of nitrogens with zero attached hydrogens (tertiary/aromatic N) is 5. The number of halogens is 4. The predicted molar refractivity (Wildman–Crippen MR) is 172 cm³/mol. The third-order valence-electron chi connectivity index (χ3n) is 7.40. The number of piperidine rings is 1. The average Bonchev–Trinajstić information content (AvgIpc) is 2.96. The van der Waals surface area contributed by atoms with E-state index in [4.69, 9.17) is 22.3 Å². The number of benzene rings is 1. The Balaban J connectivity index is 1.72. The average molecular weight is 683 g/mol. The van der Waals surface area contributed by atoms with E-state index in [1.165, 1.54) is 22.9 Å². The summed E-state index contributed by atoms with van der Waals surface area (Å²) >= 11 is 6.01. The SMILES string of the molecule is Cc1cc([C@@H](C)Nc2ccc(Cl)nc2C(=O)NS(C)(=O)=O)c2nc(N3CCC[C@H](/C(C=NCC(F)(F)F)=C/N)C3)n(C)c(=O)c2c1. The van der Waals surface area contributed by atoms with Crippen molar-refractivity contribution in [3.8, 4) is 0 Å². The van der Waals surface area contributed by atoms with Gasteiger partial charge in [0.1, 0.15) is 11.7 Å². The van der Waals surface area contributed by atoms with E-state index in [1.807, 2.05) is 22.6 Å². The summed E-state index contributed by atoms with van der Waals surface area (Å²) < 4.78 is 64.7. The highest BCUT2D eigenvalue weighted by atomic mass is 35.5. The molecule has 4 N–H and O–H groups in total. The van der Waals surface area contributed by atoms with E-state index in [-0.39, 0.29) is 28.0 Å². The molecule has 0 aliphatic carbocycles. The Bertz CT molecular complexity index is 1880. The van der Waals surface area contributed by atoms with Crippen molar-refractivity contribution in [3.63, 3.8) is 0 Å². The molecule has 12 nitrogen and oxygen atoms in total. The summed E-state index contributed by atoms with van der Waals surface area (Å²) in [5, 5.41) is 3.51. The molecule has 4 rings (SSSR count). The van der Waals surface area contributed by atoms with Crippen LogP contribution < -0.4 is 26.2 Å². The summed E-state index contributed by atoms with van der Waals surface area (Å²) in [7, 11) is -2.28. The molecule has 1 aliphatic heterocycles. The molecule has 2 aromatic heterocycles. The molecule has 0 unspecified atom stereocenters. The number of aliphatic imine (C=N–C) groups is 1. The lowest BCUT2D eigenvalue weighted by molar-refractivity contribution is -0.118. The van der Waals surface area contributed by atoms with Gasteiger partial charge in [0.2, 0.25) is 16.0 Å². The lowest BCUT2D eigenvalue weighted by Gasteiger charge is -2.34. The molecule has 3 heterocycles. The van der Waals surface area contributed by atoms with Crippen molar-refractivity contribution >= 4 is 56.3 Å². The first kappa shape index (κ1) is 34.7. The maximum atomic E-state index is 13.7. The zero-order valence-corrected chi connectivity index (χ0v) is 27.1. The van der Waals surface area contributed by atoms with Gasteiger partial charge < -0.3 is 16.0 Å². The van der Waals surface area contributed by atoms with Gasteiger partial charge in [-0.3, -0.25) is 19.1 Å². The van der Waals surface area contributed by atoms with Crippen LogP contribution in [0.25, 0.3) is 10.9 Å². The van der Waals surface area contributed by atoms with Gasteiger partial charge in [0.15, 0.2) is 5.69 Å². The normalized spacial score (nSPS) is 17.0. The molecule has 0 spiro atoms. The van der Waals surface area contributed by atoms with Crippen molar-refractivity contribution in [2.24, 2.45) is 23.7 Å². The van der Waals surface area contributed by atoms with Crippen molar-refractivity contribution in [2.75, 3.05) is 36.1 Å². The molecule has 0 radical (unpaired) electrons. The molecule has 1 saturated heterocycles. The molecule has 2 atom stereocenters. The van der Waals surface area contributed by atoms with E-state index < -0.39 is 34.7 Å². The number of carbonyl (C=O) groups is 1. The molecule has 1 fully saturated rings. The standard InChI is InChI=1S/C29H34ClF3N8O4S/c1-16-10-20(17(2)36-22-7-8-23(30)37-25(22)26(42)39-46(4,44)45)24-21(11-16)27(43)40(3)28(38-24)41-9-5-6-18(14-41)19(12-34)13-35-15-29(31,32)33/h7-8,10-13,17-18,36H,5-6,9,14-15,34H2,1-4H3,(H,39,42)/b19-12+,35-13?/t17-,18+/m1/s1. The fourth-order valence-electron chi connectivity index (χ4n) is 5.38. The fourth-order valence-corrected chi connectivity index (χ4v) is 5.96. The van der Waals surface area contributed by atoms with Crippen molar-refractivity contribution in [1.29, 1.82) is 0 Å². The Morgan fingerprint density at radius 2 is 2.00 bits per heavy atom. The van der Waals surface area contributed by atoms with E-state index in [0.717, 1.165) is 18.0 Å². The van der Waals surface area contributed by atoms with Gasteiger partial charge in [-0.2, -0.15) is 13.2 Å². The number of sulfonamides is 1. The second-order valence-electron chi connectivity index (χ2n) is 11.2. The van der Waals surface area contributed by atoms with Crippen LogP contribution in [0.1, 0.15) is 47.4 Å². The predicted octanol–water partition coefficient (Wildman–Crippen LogP) is 3.84. The van der Waals surface area contributed by atoms with Gasteiger partial charge in [0, 0.05) is 37.8 Å². The topological polar surface area (TPSA) is 165 Å². The monoisotopic (exact) mass is 682 g/mol. The molecule has 0 bridgehead atoms. The van der Waals surface area contributed by atoms with Gasteiger partial charge in [-0.15, -0.1) is 0 Å². The second-order valence-corrected chi connectivity index (χ2v) is 13.3. The number of carbonyl (C=O) groups excluding carboxylic acids is 1. The molecule has 46 heavy (non-hydrogen) atoms. The van der Waals surface area contributed by atoms with Gasteiger partial charge in [0.25, 0.3) is 11.5 Å². The molecule has 3 aromatic rings. The highest BCUT2D eigenvalue weighted by Gasteiger charge is 2.29. The zero-order chi connectivity index (χ0) is 34.0. The van der Waals surface area contributed by atoms with Crippen LogP contribution in [0.5, 0.6) is 0 Å². The number of anilines is 2. The van der Waals surface area contributed by atoms with Gasteiger partial charge in [-0.1, -0.05) is 17.7 Å². The molecule has 17 heteroatoms. The van der Waals surface area contributed by atoms with Crippen molar-refractivity contribution < 1.29 is 26.4 Å². The third kappa shape index (κ3) is 8.34. The number of nitrogens with one attached hydrogen (secondary N) is 2. The van der Waals surface area contributed by atoms with Crippen LogP contribution in [-0.4, -0.2) is 67.1 Å². The number of amides is 1. The fraction of sp³-hybridized carbons (Fsp3) is 0.414. The minimum atomic E-state index is -4.43. The first-order chi connectivity index (χ1) is 21.5. The van der Waals surface area contributed by atoms with Crippen molar-refractivity contribution in [3.05, 3.63) is 68.4 Å². The molecular weight excluding hydrogens is 649 g/mol. The van der Waals surface area contributed by atoms with E-state index >= 15 is 0 Å². The number of hydrogen-bond donors (Lipinski definition) is 3. The van der Waals surface area contributed by atoms with Crippen LogP contribution >= 0.6 is 11.6 Å². The Morgan fingerprint density at radius 3 is 2.65 bits per heavy atom. The number of pyridine rings is 1.